The zero-order chi connectivity index (χ0) is 8.91. The van der Waals surface area contributed by atoms with Crippen LogP contribution in [0.25, 0.3) is 0 Å². The first-order chi connectivity index (χ1) is 4.92. The number of alkyl halides is 3. The third kappa shape index (κ3) is 9.86. The fraction of sp³-hybridized carbons (Fsp3) is 1.00. The minimum atomic E-state index is -4.22. The van der Waals surface area contributed by atoms with Crippen LogP contribution in [-0.4, -0.2) is 21.5 Å². The molecule has 0 amide bonds. The molecule has 0 aliphatic heterocycles. The normalized spacial score (nSPS) is 14.9. The van der Waals surface area contributed by atoms with Gasteiger partial charge in [-0.15, -0.1) is 0 Å². The summed E-state index contributed by atoms with van der Waals surface area (Å²) in [6.45, 7) is -0.359. The maximum absolute atomic E-state index is 11.4. The average Bonchev–Trinajstić information content (AvgIpc) is 1.78. The molecule has 0 aliphatic carbocycles. The molecule has 1 unspecified atom stereocenters. The van der Waals surface area contributed by atoms with Gasteiger partial charge in [0.25, 0.3) is 0 Å². The topological polar surface area (TPSA) is 46.5 Å². The summed E-state index contributed by atoms with van der Waals surface area (Å²) in [7, 11) is 0. The van der Waals surface area contributed by atoms with E-state index in [2.05, 4.69) is 4.18 Å². The molecule has 0 aromatic rings. The van der Waals surface area contributed by atoms with Gasteiger partial charge in [-0.05, 0) is 6.42 Å². The van der Waals surface area contributed by atoms with Crippen LogP contribution >= 0.6 is 0 Å². The summed E-state index contributed by atoms with van der Waals surface area (Å²) in [6.07, 6.45) is -5.51. The van der Waals surface area contributed by atoms with Crippen LogP contribution in [0.2, 0.25) is 0 Å². The Morgan fingerprint density at radius 1 is 1.45 bits per heavy atom. The summed E-state index contributed by atoms with van der Waals surface area (Å²) in [5.74, 6) is 0. The van der Waals surface area contributed by atoms with Crippen molar-refractivity contribution in [2.24, 2.45) is 0 Å². The van der Waals surface area contributed by atoms with Crippen molar-refractivity contribution in [3.8, 4) is 0 Å². The Morgan fingerprint density at radius 2 is 2.00 bits per heavy atom. The van der Waals surface area contributed by atoms with Crippen LogP contribution in [0.3, 0.4) is 0 Å². The molecule has 0 saturated carbocycles. The zero-order valence-electron chi connectivity index (χ0n) is 5.43. The van der Waals surface area contributed by atoms with Gasteiger partial charge in [-0.1, -0.05) is 0 Å². The van der Waals surface area contributed by atoms with Crippen LogP contribution in [0.15, 0.2) is 0 Å². The Morgan fingerprint density at radius 3 is 2.36 bits per heavy atom. The van der Waals surface area contributed by atoms with Crippen molar-refractivity contribution in [1.82, 2.24) is 0 Å². The highest BCUT2D eigenvalue weighted by Crippen LogP contribution is 2.20. The van der Waals surface area contributed by atoms with Gasteiger partial charge in [0.2, 0.25) is 0 Å². The molecule has 0 radical (unpaired) electrons. The SMILES string of the molecule is O=S(O)OCCCC(F)(F)F. The van der Waals surface area contributed by atoms with Gasteiger partial charge in [0.05, 0.1) is 6.61 Å². The molecule has 0 aliphatic rings. The summed E-state index contributed by atoms with van der Waals surface area (Å²) in [4.78, 5) is 0. The summed E-state index contributed by atoms with van der Waals surface area (Å²) >= 11 is -2.46. The minimum absolute atomic E-state index is 0.296. The van der Waals surface area contributed by atoms with E-state index in [9.17, 15) is 17.4 Å². The Kier molecular flexibility index (Phi) is 4.62. The van der Waals surface area contributed by atoms with Gasteiger partial charge in [0.1, 0.15) is 0 Å². The van der Waals surface area contributed by atoms with Gasteiger partial charge in [-0.3, -0.25) is 8.74 Å². The van der Waals surface area contributed by atoms with Crippen LogP contribution < -0.4 is 0 Å². The number of halogens is 3. The lowest BCUT2D eigenvalue weighted by atomic mass is 10.3. The molecule has 0 fully saturated rings. The van der Waals surface area contributed by atoms with Crippen LogP contribution in [0.1, 0.15) is 12.8 Å². The standard InChI is InChI=1S/C4H7F3O3S/c5-4(6,7)2-1-3-10-11(8)9/h1-3H2,(H,8,9). The second-order valence-electron chi connectivity index (χ2n) is 1.76. The van der Waals surface area contributed by atoms with Gasteiger partial charge in [0.15, 0.2) is 0 Å². The average molecular weight is 192 g/mol. The molecule has 0 rings (SSSR count). The molecule has 68 valence electrons. The fourth-order valence-electron chi connectivity index (χ4n) is 0.403. The lowest BCUT2D eigenvalue weighted by Crippen LogP contribution is -2.09. The predicted octanol–water partition coefficient (Wildman–Crippen LogP) is 1.48. The molecule has 0 spiro atoms. The first-order valence-electron chi connectivity index (χ1n) is 2.73. The van der Waals surface area contributed by atoms with Crippen LogP contribution in [0.5, 0.6) is 0 Å². The molecule has 7 heteroatoms. The first kappa shape index (κ1) is 10.9. The predicted molar refractivity (Wildman–Crippen MR) is 32.0 cm³/mol. The molecule has 0 aromatic carbocycles. The van der Waals surface area contributed by atoms with Gasteiger partial charge in [0, 0.05) is 6.42 Å². The maximum Gasteiger partial charge on any atom is 0.389 e. The van der Waals surface area contributed by atoms with Crippen molar-refractivity contribution < 1.29 is 26.1 Å². The van der Waals surface area contributed by atoms with E-state index in [1.54, 1.807) is 0 Å². The van der Waals surface area contributed by atoms with Gasteiger partial charge >= 0.3 is 17.5 Å². The van der Waals surface area contributed by atoms with Gasteiger partial charge in [-0.2, -0.15) is 17.4 Å². The second-order valence-corrected chi connectivity index (χ2v) is 2.43. The minimum Gasteiger partial charge on any atom is -0.284 e. The fourth-order valence-corrected chi connectivity index (χ4v) is 0.663. The highest BCUT2D eigenvalue weighted by atomic mass is 32.2. The van der Waals surface area contributed by atoms with E-state index in [0.717, 1.165) is 0 Å². The van der Waals surface area contributed by atoms with Crippen LogP contribution in [0, 0.1) is 0 Å². The largest absolute Gasteiger partial charge is 0.389 e. The molecule has 11 heavy (non-hydrogen) atoms. The molecule has 3 nitrogen and oxygen atoms in total. The molecule has 0 bridgehead atoms. The Hall–Kier alpha value is -0.140. The molecule has 0 saturated heterocycles. The molecule has 0 aromatic heterocycles. The summed E-state index contributed by atoms with van der Waals surface area (Å²) in [5, 5.41) is 0. The third-order valence-electron chi connectivity index (χ3n) is 0.789. The van der Waals surface area contributed by atoms with Crippen molar-refractivity contribution in [2.45, 2.75) is 19.0 Å². The molecule has 1 atom stereocenters. The first-order valence-corrected chi connectivity index (χ1v) is 3.76. The van der Waals surface area contributed by atoms with Gasteiger partial charge < -0.3 is 0 Å². The maximum atomic E-state index is 11.4. The lowest BCUT2D eigenvalue weighted by Gasteiger charge is -2.03. The molecule has 1 N–H and O–H groups in total. The number of rotatable bonds is 4. The van der Waals surface area contributed by atoms with E-state index in [4.69, 9.17) is 4.55 Å². The number of hydrogen-bond acceptors (Lipinski definition) is 2. The van der Waals surface area contributed by atoms with E-state index in [-0.39, 0.29) is 13.0 Å². The van der Waals surface area contributed by atoms with Crippen molar-refractivity contribution >= 4 is 11.4 Å². The van der Waals surface area contributed by atoms with E-state index in [1.165, 1.54) is 0 Å². The molecular weight excluding hydrogens is 185 g/mol. The van der Waals surface area contributed by atoms with Crippen LogP contribution in [-0.2, 0) is 15.5 Å². The summed E-state index contributed by atoms with van der Waals surface area (Å²) in [6, 6.07) is 0. The molecule has 0 heterocycles. The van der Waals surface area contributed by atoms with Crippen molar-refractivity contribution in [1.29, 1.82) is 0 Å². The van der Waals surface area contributed by atoms with Gasteiger partial charge in [-0.25, -0.2) is 0 Å². The molecular formula is C4H7F3O3S. The second kappa shape index (κ2) is 4.68. The third-order valence-corrected chi connectivity index (χ3v) is 1.16. The van der Waals surface area contributed by atoms with E-state index < -0.39 is 24.0 Å². The Bertz CT molecular complexity index is 135. The smallest absolute Gasteiger partial charge is 0.284 e. The highest BCUT2D eigenvalue weighted by Gasteiger charge is 2.26. The van der Waals surface area contributed by atoms with Crippen molar-refractivity contribution in [2.75, 3.05) is 6.61 Å². The Balaban J connectivity index is 3.22. The monoisotopic (exact) mass is 192 g/mol. The lowest BCUT2D eigenvalue weighted by molar-refractivity contribution is -0.136. The highest BCUT2D eigenvalue weighted by molar-refractivity contribution is 7.74. The zero-order valence-corrected chi connectivity index (χ0v) is 6.24. The summed E-state index contributed by atoms with van der Waals surface area (Å²) in [5.41, 5.74) is 0. The van der Waals surface area contributed by atoms with Crippen molar-refractivity contribution in [3.63, 3.8) is 0 Å². The van der Waals surface area contributed by atoms with E-state index >= 15 is 0 Å². The van der Waals surface area contributed by atoms with E-state index in [1.807, 2.05) is 0 Å². The quantitative estimate of drug-likeness (QED) is 0.542. The van der Waals surface area contributed by atoms with Crippen molar-refractivity contribution in [3.05, 3.63) is 0 Å². The van der Waals surface area contributed by atoms with E-state index in [0.29, 0.717) is 0 Å². The number of hydrogen-bond donors (Lipinski definition) is 1. The van der Waals surface area contributed by atoms with Crippen LogP contribution in [0.4, 0.5) is 13.2 Å². The summed E-state index contributed by atoms with van der Waals surface area (Å²) < 4.78 is 55.8. The Labute approximate surface area is 64.0 Å².